The number of hydrogen-bond acceptors (Lipinski definition) is 4. The Morgan fingerprint density at radius 2 is 2.00 bits per heavy atom. The molecule has 1 fully saturated rings. The molecule has 0 aliphatic carbocycles. The number of nitrogens with zero attached hydrogens (tertiary/aromatic N) is 3. The van der Waals surface area contributed by atoms with Crippen molar-refractivity contribution in [2.45, 2.75) is 17.9 Å². The fourth-order valence-electron chi connectivity index (χ4n) is 2.43. The molecule has 1 aliphatic heterocycles. The van der Waals surface area contributed by atoms with Crippen molar-refractivity contribution in [3.63, 3.8) is 0 Å². The number of fused-ring (bicyclic) bond motifs is 1. The Morgan fingerprint density at radius 3 is 2.68 bits per heavy atom. The molecule has 2 aromatic heterocycles. The summed E-state index contributed by atoms with van der Waals surface area (Å²) in [6.45, 7) is 1.18. The van der Waals surface area contributed by atoms with Gasteiger partial charge in [0.2, 0.25) is 0 Å². The minimum atomic E-state index is -3.49. The molecule has 0 radical (unpaired) electrons. The molecule has 1 saturated heterocycles. The van der Waals surface area contributed by atoms with Crippen LogP contribution in [0.3, 0.4) is 0 Å². The molecular weight excluding hydrogens is 264 g/mol. The van der Waals surface area contributed by atoms with Crippen LogP contribution in [0.2, 0.25) is 0 Å². The van der Waals surface area contributed by atoms with Gasteiger partial charge in [-0.2, -0.15) is 4.31 Å². The molecule has 1 N–H and O–H groups in total. The zero-order valence-electron chi connectivity index (χ0n) is 10.7. The molecule has 0 amide bonds. The molecule has 102 valence electrons. The van der Waals surface area contributed by atoms with E-state index in [0.717, 1.165) is 12.8 Å². The number of pyridine rings is 1. The van der Waals surface area contributed by atoms with Crippen LogP contribution in [-0.2, 0) is 10.0 Å². The Labute approximate surface area is 112 Å². The zero-order valence-corrected chi connectivity index (χ0v) is 11.5. The van der Waals surface area contributed by atoms with Gasteiger partial charge in [-0.3, -0.25) is 4.40 Å². The van der Waals surface area contributed by atoms with Gasteiger partial charge in [0.1, 0.15) is 5.65 Å². The molecule has 0 aromatic carbocycles. The van der Waals surface area contributed by atoms with Gasteiger partial charge in [-0.1, -0.05) is 6.07 Å². The normalized spacial score (nSPS) is 17.1. The van der Waals surface area contributed by atoms with Gasteiger partial charge in [0.25, 0.3) is 10.0 Å². The summed E-state index contributed by atoms with van der Waals surface area (Å²) in [7, 11) is -1.81. The Morgan fingerprint density at radius 1 is 1.26 bits per heavy atom. The van der Waals surface area contributed by atoms with E-state index < -0.39 is 10.0 Å². The maximum absolute atomic E-state index is 12.7. The molecule has 0 bridgehead atoms. The van der Waals surface area contributed by atoms with Crippen molar-refractivity contribution >= 4 is 21.5 Å². The number of aromatic nitrogens is 2. The van der Waals surface area contributed by atoms with E-state index in [2.05, 4.69) is 10.3 Å². The van der Waals surface area contributed by atoms with Crippen molar-refractivity contribution in [1.29, 1.82) is 0 Å². The monoisotopic (exact) mass is 280 g/mol. The largest absolute Gasteiger partial charge is 0.371 e. The predicted molar refractivity (Wildman–Crippen MR) is 72.7 cm³/mol. The van der Waals surface area contributed by atoms with E-state index in [1.165, 1.54) is 4.31 Å². The van der Waals surface area contributed by atoms with Gasteiger partial charge in [0, 0.05) is 26.3 Å². The molecule has 0 saturated carbocycles. The van der Waals surface area contributed by atoms with E-state index in [-0.39, 0.29) is 5.03 Å². The lowest BCUT2D eigenvalue weighted by Crippen LogP contribution is -2.29. The summed E-state index contributed by atoms with van der Waals surface area (Å²) in [5.74, 6) is 0.401. The van der Waals surface area contributed by atoms with Crippen molar-refractivity contribution in [2.75, 3.05) is 25.5 Å². The fraction of sp³-hybridized carbons (Fsp3) is 0.417. The molecule has 2 aromatic rings. The summed E-state index contributed by atoms with van der Waals surface area (Å²) in [6.07, 6.45) is 3.57. The van der Waals surface area contributed by atoms with Gasteiger partial charge in [0.05, 0.1) is 0 Å². The lowest BCUT2D eigenvalue weighted by molar-refractivity contribution is 0.474. The average molecular weight is 280 g/mol. The number of imidazole rings is 1. The smallest absolute Gasteiger partial charge is 0.262 e. The lowest BCUT2D eigenvalue weighted by Gasteiger charge is -2.15. The first-order valence-electron chi connectivity index (χ1n) is 6.29. The van der Waals surface area contributed by atoms with Gasteiger partial charge in [-0.05, 0) is 25.0 Å². The SMILES string of the molecule is CNc1nc2ccccn2c1S(=O)(=O)N1CCCC1. The van der Waals surface area contributed by atoms with Gasteiger partial charge in [0.15, 0.2) is 10.8 Å². The minimum absolute atomic E-state index is 0.229. The zero-order chi connectivity index (χ0) is 13.5. The summed E-state index contributed by atoms with van der Waals surface area (Å²) >= 11 is 0. The molecular formula is C12H16N4O2S. The van der Waals surface area contributed by atoms with Crippen LogP contribution in [0.15, 0.2) is 29.4 Å². The molecule has 7 heteroatoms. The maximum Gasteiger partial charge on any atom is 0.262 e. The number of hydrogen-bond donors (Lipinski definition) is 1. The molecule has 0 atom stereocenters. The first kappa shape index (κ1) is 12.4. The van der Waals surface area contributed by atoms with Crippen LogP contribution in [0.4, 0.5) is 5.82 Å². The van der Waals surface area contributed by atoms with Crippen LogP contribution >= 0.6 is 0 Å². The highest BCUT2D eigenvalue weighted by molar-refractivity contribution is 7.89. The average Bonchev–Trinajstić information content (AvgIpc) is 3.05. The summed E-state index contributed by atoms with van der Waals surface area (Å²) in [6, 6.07) is 5.44. The summed E-state index contributed by atoms with van der Waals surface area (Å²) in [4.78, 5) is 4.31. The Bertz CT molecular complexity index is 702. The summed E-state index contributed by atoms with van der Waals surface area (Å²) < 4.78 is 28.6. The standard InChI is InChI=1S/C12H16N4O2S/c1-13-11-12(16-9-3-2-6-10(16)14-11)19(17,18)15-7-4-5-8-15/h2-3,6,9,13H,4-5,7-8H2,1H3. The fourth-order valence-corrected chi connectivity index (χ4v) is 4.21. The van der Waals surface area contributed by atoms with Crippen LogP contribution in [0.5, 0.6) is 0 Å². The van der Waals surface area contributed by atoms with Crippen molar-refractivity contribution < 1.29 is 8.42 Å². The first-order chi connectivity index (χ1) is 9.14. The van der Waals surface area contributed by atoms with Gasteiger partial charge in [-0.25, -0.2) is 13.4 Å². The number of nitrogens with one attached hydrogen (secondary N) is 1. The summed E-state index contributed by atoms with van der Waals surface area (Å²) in [5.41, 5.74) is 0.629. The Hall–Kier alpha value is -1.60. The maximum atomic E-state index is 12.7. The Kier molecular flexibility index (Phi) is 2.94. The predicted octanol–water partition coefficient (Wildman–Crippen LogP) is 1.16. The highest BCUT2D eigenvalue weighted by atomic mass is 32.2. The van der Waals surface area contributed by atoms with E-state index in [0.29, 0.717) is 24.6 Å². The van der Waals surface area contributed by atoms with Crippen LogP contribution in [0.1, 0.15) is 12.8 Å². The molecule has 3 rings (SSSR count). The van der Waals surface area contributed by atoms with Crippen molar-refractivity contribution in [3.05, 3.63) is 24.4 Å². The van der Waals surface area contributed by atoms with Crippen LogP contribution in [-0.4, -0.2) is 42.2 Å². The third-order valence-corrected chi connectivity index (χ3v) is 5.30. The first-order valence-corrected chi connectivity index (χ1v) is 7.73. The quantitative estimate of drug-likeness (QED) is 0.916. The number of rotatable bonds is 3. The van der Waals surface area contributed by atoms with E-state index in [1.807, 2.05) is 6.07 Å². The molecule has 0 unspecified atom stereocenters. The molecule has 19 heavy (non-hydrogen) atoms. The molecule has 1 aliphatic rings. The molecule has 0 spiro atoms. The van der Waals surface area contributed by atoms with Crippen LogP contribution < -0.4 is 5.32 Å². The second-order valence-electron chi connectivity index (χ2n) is 4.56. The third-order valence-electron chi connectivity index (χ3n) is 3.37. The summed E-state index contributed by atoms with van der Waals surface area (Å²) in [5, 5.41) is 3.11. The molecule has 6 nitrogen and oxygen atoms in total. The van der Waals surface area contributed by atoms with Crippen molar-refractivity contribution in [3.8, 4) is 0 Å². The van der Waals surface area contributed by atoms with E-state index in [9.17, 15) is 8.42 Å². The number of anilines is 1. The Balaban J connectivity index is 2.23. The second-order valence-corrected chi connectivity index (χ2v) is 6.41. The van der Waals surface area contributed by atoms with Gasteiger partial charge >= 0.3 is 0 Å². The van der Waals surface area contributed by atoms with Gasteiger partial charge < -0.3 is 5.32 Å². The van der Waals surface area contributed by atoms with Crippen molar-refractivity contribution in [2.24, 2.45) is 0 Å². The lowest BCUT2D eigenvalue weighted by atomic mass is 10.4. The van der Waals surface area contributed by atoms with E-state index >= 15 is 0 Å². The minimum Gasteiger partial charge on any atom is -0.371 e. The highest BCUT2D eigenvalue weighted by Gasteiger charge is 2.32. The third kappa shape index (κ3) is 1.89. The van der Waals surface area contributed by atoms with Crippen LogP contribution in [0, 0.1) is 0 Å². The van der Waals surface area contributed by atoms with Crippen LogP contribution in [0.25, 0.3) is 5.65 Å². The van der Waals surface area contributed by atoms with E-state index in [4.69, 9.17) is 0 Å². The van der Waals surface area contributed by atoms with Gasteiger partial charge in [-0.15, -0.1) is 0 Å². The topological polar surface area (TPSA) is 66.7 Å². The van der Waals surface area contributed by atoms with E-state index in [1.54, 1.807) is 29.8 Å². The highest BCUT2D eigenvalue weighted by Crippen LogP contribution is 2.27. The second kappa shape index (κ2) is 4.50. The number of sulfonamides is 1. The van der Waals surface area contributed by atoms with Crippen molar-refractivity contribution in [1.82, 2.24) is 13.7 Å². The molecule has 3 heterocycles.